The lowest BCUT2D eigenvalue weighted by molar-refractivity contribution is -0.173. The number of benzene rings is 1. The SMILES string of the molecule is CC(C)(C)OC(=O)CN(CCCNC(=O)OCc1ccccc1)CCCNC(=O)C(F)(F)F. The molecule has 186 valence electrons. The lowest BCUT2D eigenvalue weighted by Crippen LogP contribution is -2.40. The van der Waals surface area contributed by atoms with Gasteiger partial charge in [0.05, 0.1) is 6.54 Å². The molecule has 0 radical (unpaired) electrons. The third kappa shape index (κ3) is 14.0. The number of nitrogens with one attached hydrogen (secondary N) is 2. The molecule has 0 saturated carbocycles. The van der Waals surface area contributed by atoms with Gasteiger partial charge in [-0.05, 0) is 39.2 Å². The van der Waals surface area contributed by atoms with Gasteiger partial charge in [0.1, 0.15) is 12.2 Å². The predicted octanol–water partition coefficient (Wildman–Crippen LogP) is 3.02. The standard InChI is InChI=1S/C22H32F3N3O5/c1-21(2,3)33-18(29)15-28(13-7-11-26-19(30)22(23,24)25)14-8-12-27-20(31)32-16-17-9-5-4-6-10-17/h4-6,9-10H,7-8,11-16H2,1-3H3,(H,26,30)(H,27,31). The molecule has 0 aliphatic heterocycles. The molecular weight excluding hydrogens is 443 g/mol. The molecule has 2 N–H and O–H groups in total. The number of halogens is 3. The van der Waals surface area contributed by atoms with Crippen molar-refractivity contribution in [2.75, 3.05) is 32.7 Å². The van der Waals surface area contributed by atoms with Crippen molar-refractivity contribution in [1.82, 2.24) is 15.5 Å². The van der Waals surface area contributed by atoms with Crippen LogP contribution in [-0.2, 0) is 25.7 Å². The van der Waals surface area contributed by atoms with E-state index in [9.17, 15) is 27.6 Å². The van der Waals surface area contributed by atoms with E-state index in [0.29, 0.717) is 13.0 Å². The second kappa shape index (κ2) is 13.7. The average molecular weight is 476 g/mol. The van der Waals surface area contributed by atoms with E-state index in [1.165, 1.54) is 0 Å². The van der Waals surface area contributed by atoms with Crippen molar-refractivity contribution in [2.24, 2.45) is 0 Å². The Morgan fingerprint density at radius 1 is 0.939 bits per heavy atom. The Morgan fingerprint density at radius 2 is 1.52 bits per heavy atom. The summed E-state index contributed by atoms with van der Waals surface area (Å²) in [5, 5.41) is 4.41. The van der Waals surface area contributed by atoms with Crippen molar-refractivity contribution in [3.05, 3.63) is 35.9 Å². The van der Waals surface area contributed by atoms with Gasteiger partial charge in [0, 0.05) is 26.2 Å². The Bertz CT molecular complexity index is 752. The molecule has 33 heavy (non-hydrogen) atoms. The highest BCUT2D eigenvalue weighted by atomic mass is 19.4. The first-order valence-corrected chi connectivity index (χ1v) is 10.6. The fourth-order valence-corrected chi connectivity index (χ4v) is 2.70. The number of ether oxygens (including phenoxy) is 2. The zero-order valence-electron chi connectivity index (χ0n) is 19.2. The zero-order valence-corrected chi connectivity index (χ0v) is 19.2. The minimum Gasteiger partial charge on any atom is -0.459 e. The van der Waals surface area contributed by atoms with Crippen LogP contribution in [0.1, 0.15) is 39.2 Å². The third-order valence-corrected chi connectivity index (χ3v) is 4.10. The van der Waals surface area contributed by atoms with Crippen molar-refractivity contribution in [3.63, 3.8) is 0 Å². The van der Waals surface area contributed by atoms with E-state index in [1.54, 1.807) is 31.0 Å². The quantitative estimate of drug-likeness (QED) is 0.356. The van der Waals surface area contributed by atoms with Crippen LogP contribution in [0.25, 0.3) is 0 Å². The fraction of sp³-hybridized carbons (Fsp3) is 0.591. The van der Waals surface area contributed by atoms with Crippen LogP contribution < -0.4 is 10.6 Å². The van der Waals surface area contributed by atoms with Crippen LogP contribution in [0.3, 0.4) is 0 Å². The van der Waals surface area contributed by atoms with Crippen LogP contribution in [-0.4, -0.2) is 67.4 Å². The van der Waals surface area contributed by atoms with Gasteiger partial charge >= 0.3 is 24.1 Å². The number of hydrogen-bond donors (Lipinski definition) is 2. The van der Waals surface area contributed by atoms with Gasteiger partial charge in [0.25, 0.3) is 0 Å². The highest BCUT2D eigenvalue weighted by Gasteiger charge is 2.38. The van der Waals surface area contributed by atoms with E-state index in [2.05, 4.69) is 5.32 Å². The summed E-state index contributed by atoms with van der Waals surface area (Å²) < 4.78 is 47.2. The number of rotatable bonds is 12. The van der Waals surface area contributed by atoms with E-state index in [-0.39, 0.29) is 39.2 Å². The van der Waals surface area contributed by atoms with E-state index in [0.717, 1.165) is 5.56 Å². The maximum Gasteiger partial charge on any atom is 0.471 e. The summed E-state index contributed by atoms with van der Waals surface area (Å²) in [7, 11) is 0. The minimum atomic E-state index is -4.93. The largest absolute Gasteiger partial charge is 0.471 e. The first-order chi connectivity index (χ1) is 15.4. The number of hydrogen-bond acceptors (Lipinski definition) is 6. The fourth-order valence-electron chi connectivity index (χ4n) is 2.70. The maximum atomic E-state index is 12.3. The minimum absolute atomic E-state index is 0.0665. The molecule has 0 aromatic heterocycles. The molecule has 0 aliphatic rings. The highest BCUT2D eigenvalue weighted by molar-refractivity contribution is 5.81. The van der Waals surface area contributed by atoms with Crippen molar-refractivity contribution in [3.8, 4) is 0 Å². The van der Waals surface area contributed by atoms with Crippen LogP contribution >= 0.6 is 0 Å². The van der Waals surface area contributed by atoms with E-state index < -0.39 is 29.7 Å². The molecule has 0 bridgehead atoms. The van der Waals surface area contributed by atoms with Gasteiger partial charge in [-0.25, -0.2) is 4.79 Å². The van der Waals surface area contributed by atoms with Crippen LogP contribution in [0.15, 0.2) is 30.3 Å². The van der Waals surface area contributed by atoms with Crippen LogP contribution in [0, 0.1) is 0 Å². The summed E-state index contributed by atoms with van der Waals surface area (Å²) in [4.78, 5) is 36.5. The van der Waals surface area contributed by atoms with Gasteiger partial charge in [-0.2, -0.15) is 13.2 Å². The average Bonchev–Trinajstić information content (AvgIpc) is 2.71. The molecule has 0 heterocycles. The molecule has 1 aromatic carbocycles. The summed E-state index contributed by atoms with van der Waals surface area (Å²) in [5.41, 5.74) is 0.182. The van der Waals surface area contributed by atoms with Gasteiger partial charge in [-0.1, -0.05) is 30.3 Å². The maximum absolute atomic E-state index is 12.3. The van der Waals surface area contributed by atoms with Crippen LogP contribution in [0.2, 0.25) is 0 Å². The summed E-state index contributed by atoms with van der Waals surface area (Å²) >= 11 is 0. The number of nitrogens with zero attached hydrogens (tertiary/aromatic N) is 1. The Kier molecular flexibility index (Phi) is 11.7. The molecule has 8 nitrogen and oxygen atoms in total. The van der Waals surface area contributed by atoms with Gasteiger partial charge in [0.15, 0.2) is 0 Å². The van der Waals surface area contributed by atoms with Crippen molar-refractivity contribution in [1.29, 1.82) is 0 Å². The number of alkyl halides is 3. The third-order valence-electron chi connectivity index (χ3n) is 4.10. The first kappa shape index (κ1) is 28.2. The summed E-state index contributed by atoms with van der Waals surface area (Å²) in [6.45, 7) is 5.99. The molecule has 0 aliphatic carbocycles. The lowest BCUT2D eigenvalue weighted by Gasteiger charge is -2.25. The Morgan fingerprint density at radius 3 is 2.06 bits per heavy atom. The van der Waals surface area contributed by atoms with Gasteiger partial charge < -0.3 is 20.1 Å². The topological polar surface area (TPSA) is 97.0 Å². The smallest absolute Gasteiger partial charge is 0.459 e. The normalized spacial score (nSPS) is 11.7. The Balaban J connectivity index is 2.41. The summed E-state index contributed by atoms with van der Waals surface area (Å²) in [5.74, 6) is -2.48. The van der Waals surface area contributed by atoms with Crippen LogP contribution in [0.4, 0.5) is 18.0 Å². The molecule has 1 aromatic rings. The van der Waals surface area contributed by atoms with Gasteiger partial charge in [-0.15, -0.1) is 0 Å². The Hall–Kier alpha value is -2.82. The first-order valence-electron chi connectivity index (χ1n) is 10.6. The molecule has 0 spiro atoms. The number of esters is 1. The van der Waals surface area contributed by atoms with Crippen LogP contribution in [0.5, 0.6) is 0 Å². The number of amides is 2. The molecule has 0 unspecified atom stereocenters. The molecule has 11 heteroatoms. The molecule has 1 rings (SSSR count). The summed E-state index contributed by atoms with van der Waals surface area (Å²) in [6.07, 6.45) is -4.83. The highest BCUT2D eigenvalue weighted by Crippen LogP contribution is 2.14. The van der Waals surface area contributed by atoms with E-state index in [1.807, 2.05) is 30.3 Å². The van der Waals surface area contributed by atoms with E-state index >= 15 is 0 Å². The molecule has 0 saturated heterocycles. The number of alkyl carbamates (subject to hydrolysis) is 1. The second-order valence-corrected chi connectivity index (χ2v) is 8.31. The molecular formula is C22H32F3N3O5. The van der Waals surface area contributed by atoms with Crippen molar-refractivity contribution < 1.29 is 37.0 Å². The summed E-state index contributed by atoms with van der Waals surface area (Å²) in [6, 6.07) is 9.20. The van der Waals surface area contributed by atoms with E-state index in [4.69, 9.17) is 9.47 Å². The van der Waals surface area contributed by atoms with Gasteiger partial charge in [0.2, 0.25) is 0 Å². The van der Waals surface area contributed by atoms with Gasteiger partial charge in [-0.3, -0.25) is 14.5 Å². The second-order valence-electron chi connectivity index (χ2n) is 8.31. The monoisotopic (exact) mass is 475 g/mol. The lowest BCUT2D eigenvalue weighted by atomic mass is 10.2. The van der Waals surface area contributed by atoms with Crippen molar-refractivity contribution >= 4 is 18.0 Å². The predicted molar refractivity (Wildman–Crippen MR) is 115 cm³/mol. The molecule has 0 fully saturated rings. The molecule has 0 atom stereocenters. The number of carbonyl (C=O) groups excluding carboxylic acids is 3. The molecule has 2 amide bonds. The van der Waals surface area contributed by atoms with Crippen molar-refractivity contribution in [2.45, 2.75) is 52.0 Å². The Labute approximate surface area is 191 Å². The number of carbonyl (C=O) groups is 3. The zero-order chi connectivity index (χ0) is 24.9.